The average molecular weight is 218 g/mol. The Morgan fingerprint density at radius 2 is 2.25 bits per heavy atom. The van der Waals surface area contributed by atoms with Gasteiger partial charge in [0.05, 0.1) is 6.10 Å². The summed E-state index contributed by atoms with van der Waals surface area (Å²) in [6, 6.07) is 3.59. The Bertz CT molecular complexity index is 445. The topological polar surface area (TPSA) is 52.9 Å². The van der Waals surface area contributed by atoms with Gasteiger partial charge in [0.25, 0.3) is 0 Å². The Morgan fingerprint density at radius 3 is 3.06 bits per heavy atom. The van der Waals surface area contributed by atoms with Gasteiger partial charge in [-0.2, -0.15) is 0 Å². The molecule has 0 aliphatic carbocycles. The van der Waals surface area contributed by atoms with E-state index in [1.165, 1.54) is 0 Å². The molecule has 3 rings (SSSR count). The van der Waals surface area contributed by atoms with E-state index in [1.54, 1.807) is 6.07 Å². The molecule has 2 aliphatic heterocycles. The van der Waals surface area contributed by atoms with Crippen molar-refractivity contribution in [2.24, 2.45) is 5.18 Å². The summed E-state index contributed by atoms with van der Waals surface area (Å²) in [7, 11) is 0. The fraction of sp³-hybridized carbons (Fsp3) is 0.500. The monoisotopic (exact) mass is 218 g/mol. The zero-order chi connectivity index (χ0) is 11.1. The maximum absolute atomic E-state index is 10.6. The van der Waals surface area contributed by atoms with Crippen LogP contribution >= 0.6 is 0 Å². The third-order valence-corrected chi connectivity index (χ3v) is 3.53. The van der Waals surface area contributed by atoms with Gasteiger partial charge in [0.1, 0.15) is 5.69 Å². The van der Waals surface area contributed by atoms with Crippen molar-refractivity contribution < 1.29 is 5.11 Å². The van der Waals surface area contributed by atoms with Crippen LogP contribution in [0.15, 0.2) is 17.3 Å². The predicted molar refractivity (Wildman–Crippen MR) is 62.0 cm³/mol. The summed E-state index contributed by atoms with van der Waals surface area (Å²) in [4.78, 5) is 12.9. The molecule has 0 saturated carbocycles. The van der Waals surface area contributed by atoms with E-state index in [0.29, 0.717) is 5.69 Å². The minimum absolute atomic E-state index is 0.440. The number of nitroso groups, excluding NO2 is 1. The van der Waals surface area contributed by atoms with E-state index in [1.807, 2.05) is 6.07 Å². The smallest absolute Gasteiger partial charge is 0.108 e. The van der Waals surface area contributed by atoms with Crippen LogP contribution in [-0.2, 0) is 6.42 Å². The average Bonchev–Trinajstić information content (AvgIpc) is 2.33. The van der Waals surface area contributed by atoms with Crippen LogP contribution in [0.1, 0.15) is 30.1 Å². The van der Waals surface area contributed by atoms with Crippen LogP contribution in [0, 0.1) is 4.91 Å². The molecule has 1 N–H and O–H groups in total. The van der Waals surface area contributed by atoms with Crippen molar-refractivity contribution in [3.05, 3.63) is 28.2 Å². The minimum Gasteiger partial charge on any atom is -0.388 e. The van der Waals surface area contributed by atoms with Crippen LogP contribution in [0.4, 0.5) is 11.4 Å². The summed E-state index contributed by atoms with van der Waals surface area (Å²) in [5, 5.41) is 13.0. The first kappa shape index (κ1) is 9.78. The molecule has 0 amide bonds. The lowest BCUT2D eigenvalue weighted by atomic mass is 9.90. The Hall–Kier alpha value is -1.42. The molecule has 16 heavy (non-hydrogen) atoms. The number of nitrogens with zero attached hydrogens (tertiary/aromatic N) is 2. The predicted octanol–water partition coefficient (Wildman–Crippen LogP) is 2.27. The summed E-state index contributed by atoms with van der Waals surface area (Å²) in [5.74, 6) is 0. The van der Waals surface area contributed by atoms with Crippen molar-refractivity contribution in [2.75, 3.05) is 18.0 Å². The molecule has 2 aliphatic rings. The van der Waals surface area contributed by atoms with Crippen LogP contribution < -0.4 is 4.90 Å². The van der Waals surface area contributed by atoms with Crippen LogP contribution in [0.25, 0.3) is 0 Å². The molecule has 1 aromatic carbocycles. The third-order valence-electron chi connectivity index (χ3n) is 3.53. The highest BCUT2D eigenvalue weighted by molar-refractivity contribution is 5.68. The highest BCUT2D eigenvalue weighted by atomic mass is 16.3. The highest BCUT2D eigenvalue weighted by Gasteiger charge is 2.28. The SMILES string of the molecule is O=Nc1cc2c3c(c1)C(O)CCN3CCC2. The minimum atomic E-state index is -0.440. The molecule has 0 fully saturated rings. The molecule has 0 bridgehead atoms. The van der Waals surface area contributed by atoms with Crippen LogP contribution in [0.5, 0.6) is 0 Å². The Balaban J connectivity index is 2.21. The molecule has 0 spiro atoms. The van der Waals surface area contributed by atoms with E-state index in [0.717, 1.165) is 49.2 Å². The van der Waals surface area contributed by atoms with Crippen LogP contribution in [0.2, 0.25) is 0 Å². The summed E-state index contributed by atoms with van der Waals surface area (Å²) in [5.41, 5.74) is 3.64. The van der Waals surface area contributed by atoms with Gasteiger partial charge in [-0.15, -0.1) is 4.91 Å². The summed E-state index contributed by atoms with van der Waals surface area (Å²) >= 11 is 0. The fourth-order valence-electron chi connectivity index (χ4n) is 2.81. The van der Waals surface area contributed by atoms with E-state index >= 15 is 0 Å². The van der Waals surface area contributed by atoms with Gasteiger partial charge in [-0.1, -0.05) is 0 Å². The molecule has 0 radical (unpaired) electrons. The number of aliphatic hydroxyl groups excluding tert-OH is 1. The van der Waals surface area contributed by atoms with Crippen molar-refractivity contribution in [1.82, 2.24) is 0 Å². The summed E-state index contributed by atoms with van der Waals surface area (Å²) in [6.07, 6.45) is 2.40. The lowest BCUT2D eigenvalue weighted by Gasteiger charge is -2.38. The molecule has 0 saturated heterocycles. The second-order valence-corrected chi connectivity index (χ2v) is 4.53. The van der Waals surface area contributed by atoms with Gasteiger partial charge in [-0.3, -0.25) is 0 Å². The molecule has 1 unspecified atom stereocenters. The van der Waals surface area contributed by atoms with Gasteiger partial charge in [0.15, 0.2) is 0 Å². The molecule has 2 heterocycles. The quantitative estimate of drug-likeness (QED) is 0.736. The van der Waals surface area contributed by atoms with Crippen LogP contribution in [-0.4, -0.2) is 18.2 Å². The van der Waals surface area contributed by atoms with Crippen molar-refractivity contribution in [3.8, 4) is 0 Å². The molecular weight excluding hydrogens is 204 g/mol. The highest BCUT2D eigenvalue weighted by Crippen LogP contribution is 2.41. The largest absolute Gasteiger partial charge is 0.388 e. The van der Waals surface area contributed by atoms with E-state index in [9.17, 15) is 10.0 Å². The van der Waals surface area contributed by atoms with Gasteiger partial charge in [-0.05, 0) is 42.1 Å². The zero-order valence-electron chi connectivity index (χ0n) is 9.02. The number of benzene rings is 1. The number of anilines is 1. The second-order valence-electron chi connectivity index (χ2n) is 4.53. The van der Waals surface area contributed by atoms with Crippen molar-refractivity contribution >= 4 is 11.4 Å². The molecule has 4 nitrogen and oxygen atoms in total. The van der Waals surface area contributed by atoms with Gasteiger partial charge in [0, 0.05) is 24.3 Å². The molecule has 4 heteroatoms. The maximum atomic E-state index is 10.6. The van der Waals surface area contributed by atoms with E-state index in [4.69, 9.17) is 0 Å². The van der Waals surface area contributed by atoms with Crippen LogP contribution in [0.3, 0.4) is 0 Å². The van der Waals surface area contributed by atoms with Gasteiger partial charge < -0.3 is 10.0 Å². The Kier molecular flexibility index (Phi) is 2.17. The standard InChI is InChI=1S/C12H14N2O2/c15-11-3-5-14-4-1-2-8-6-9(13-16)7-10(11)12(8)14/h6-7,11,15H,1-5H2. The number of hydrogen-bond donors (Lipinski definition) is 1. The first-order valence-electron chi connectivity index (χ1n) is 5.73. The number of hydrogen-bond acceptors (Lipinski definition) is 4. The Labute approximate surface area is 93.9 Å². The number of rotatable bonds is 1. The second kappa shape index (κ2) is 3.56. The first-order chi connectivity index (χ1) is 7.79. The van der Waals surface area contributed by atoms with Gasteiger partial charge in [-0.25, -0.2) is 0 Å². The number of aryl methyl sites for hydroxylation is 1. The third kappa shape index (κ3) is 1.33. The first-order valence-corrected chi connectivity index (χ1v) is 5.73. The zero-order valence-corrected chi connectivity index (χ0v) is 9.02. The lowest BCUT2D eigenvalue weighted by molar-refractivity contribution is 0.163. The van der Waals surface area contributed by atoms with Crippen molar-refractivity contribution in [2.45, 2.75) is 25.4 Å². The van der Waals surface area contributed by atoms with E-state index < -0.39 is 6.10 Å². The van der Waals surface area contributed by atoms with Gasteiger partial charge in [0.2, 0.25) is 0 Å². The lowest BCUT2D eigenvalue weighted by Crippen LogP contribution is -2.35. The number of aliphatic hydroxyl groups is 1. The van der Waals surface area contributed by atoms with Crippen molar-refractivity contribution in [1.29, 1.82) is 0 Å². The van der Waals surface area contributed by atoms with E-state index in [2.05, 4.69) is 10.1 Å². The summed E-state index contributed by atoms with van der Waals surface area (Å²) < 4.78 is 0. The van der Waals surface area contributed by atoms with Gasteiger partial charge >= 0.3 is 0 Å². The maximum Gasteiger partial charge on any atom is 0.108 e. The van der Waals surface area contributed by atoms with E-state index in [-0.39, 0.29) is 0 Å². The molecule has 1 atom stereocenters. The Morgan fingerprint density at radius 1 is 1.38 bits per heavy atom. The normalized spacial score (nSPS) is 22.8. The summed E-state index contributed by atoms with van der Waals surface area (Å²) in [6.45, 7) is 1.97. The molecule has 1 aromatic rings. The molecule has 84 valence electrons. The molecule has 0 aromatic heterocycles. The molecular formula is C12H14N2O2. The van der Waals surface area contributed by atoms with Crippen molar-refractivity contribution in [3.63, 3.8) is 0 Å². The fourth-order valence-corrected chi connectivity index (χ4v) is 2.81.